The van der Waals surface area contributed by atoms with E-state index in [0.29, 0.717) is 6.61 Å². The van der Waals surface area contributed by atoms with E-state index in [2.05, 4.69) is 19.2 Å². The zero-order valence-electron chi connectivity index (χ0n) is 10.4. The van der Waals surface area contributed by atoms with Crippen LogP contribution in [-0.2, 0) is 11.3 Å². The average Bonchev–Trinajstić information content (AvgIpc) is 2.16. The summed E-state index contributed by atoms with van der Waals surface area (Å²) < 4.78 is 18.0. The van der Waals surface area contributed by atoms with Crippen LogP contribution in [0.2, 0.25) is 0 Å². The van der Waals surface area contributed by atoms with Crippen LogP contribution in [0.4, 0.5) is 4.39 Å². The molecule has 0 aliphatic heterocycles. The summed E-state index contributed by atoms with van der Waals surface area (Å²) in [6, 6.07) is 4.87. The zero-order valence-corrected chi connectivity index (χ0v) is 10.4. The summed E-state index contributed by atoms with van der Waals surface area (Å²) in [5.74, 6) is -0.183. The van der Waals surface area contributed by atoms with Gasteiger partial charge in [-0.25, -0.2) is 4.39 Å². The van der Waals surface area contributed by atoms with Gasteiger partial charge in [0.25, 0.3) is 0 Å². The van der Waals surface area contributed by atoms with Crippen LogP contribution < -0.4 is 5.32 Å². The molecule has 0 spiro atoms. The van der Waals surface area contributed by atoms with Crippen molar-refractivity contribution in [3.63, 3.8) is 0 Å². The van der Waals surface area contributed by atoms with Crippen molar-refractivity contribution in [2.75, 3.05) is 13.7 Å². The standard InChI is InChI=1S/C13H20FNO/c1-10-7-12(14)6-5-11(10)8-15-13(2,3)9-16-4/h5-7,15H,8-9H2,1-4H3. The molecule has 0 saturated carbocycles. The van der Waals surface area contributed by atoms with Gasteiger partial charge in [-0.1, -0.05) is 6.07 Å². The second-order valence-corrected chi connectivity index (χ2v) is 4.74. The maximum Gasteiger partial charge on any atom is 0.123 e. The second kappa shape index (κ2) is 5.41. The molecule has 0 aliphatic rings. The monoisotopic (exact) mass is 225 g/mol. The van der Waals surface area contributed by atoms with Gasteiger partial charge in [0.15, 0.2) is 0 Å². The van der Waals surface area contributed by atoms with Gasteiger partial charge in [-0.2, -0.15) is 0 Å². The van der Waals surface area contributed by atoms with E-state index in [-0.39, 0.29) is 11.4 Å². The fourth-order valence-corrected chi connectivity index (χ4v) is 1.60. The van der Waals surface area contributed by atoms with Crippen LogP contribution in [0.1, 0.15) is 25.0 Å². The molecule has 0 radical (unpaired) electrons. The number of aryl methyl sites for hydroxylation is 1. The predicted octanol–water partition coefficient (Wildman–Crippen LogP) is 2.65. The van der Waals surface area contributed by atoms with E-state index in [9.17, 15) is 4.39 Å². The number of ether oxygens (including phenoxy) is 1. The summed E-state index contributed by atoms with van der Waals surface area (Å²) in [4.78, 5) is 0. The predicted molar refractivity (Wildman–Crippen MR) is 63.9 cm³/mol. The molecule has 2 nitrogen and oxygen atoms in total. The second-order valence-electron chi connectivity index (χ2n) is 4.74. The minimum Gasteiger partial charge on any atom is -0.383 e. The van der Waals surface area contributed by atoms with Crippen molar-refractivity contribution in [3.8, 4) is 0 Å². The summed E-state index contributed by atoms with van der Waals surface area (Å²) >= 11 is 0. The first kappa shape index (κ1) is 13.1. The number of benzene rings is 1. The largest absolute Gasteiger partial charge is 0.383 e. The summed E-state index contributed by atoms with van der Waals surface area (Å²) in [6.07, 6.45) is 0. The highest BCUT2D eigenvalue weighted by atomic mass is 19.1. The van der Waals surface area contributed by atoms with Crippen molar-refractivity contribution >= 4 is 0 Å². The molecule has 0 fully saturated rings. The number of halogens is 1. The molecular formula is C13H20FNO. The van der Waals surface area contributed by atoms with E-state index < -0.39 is 0 Å². The minimum atomic E-state index is -0.183. The fraction of sp³-hybridized carbons (Fsp3) is 0.538. The molecule has 1 N–H and O–H groups in total. The third-order valence-corrected chi connectivity index (χ3v) is 2.57. The van der Waals surface area contributed by atoms with E-state index >= 15 is 0 Å². The lowest BCUT2D eigenvalue weighted by Gasteiger charge is -2.25. The van der Waals surface area contributed by atoms with E-state index in [1.165, 1.54) is 6.07 Å². The van der Waals surface area contributed by atoms with Crippen molar-refractivity contribution < 1.29 is 9.13 Å². The maximum atomic E-state index is 12.9. The zero-order chi connectivity index (χ0) is 12.2. The van der Waals surface area contributed by atoms with Gasteiger partial charge in [0.05, 0.1) is 6.61 Å². The quantitative estimate of drug-likeness (QED) is 0.831. The molecule has 1 aromatic carbocycles. The highest BCUT2D eigenvalue weighted by Crippen LogP contribution is 2.12. The highest BCUT2D eigenvalue weighted by molar-refractivity contribution is 5.26. The van der Waals surface area contributed by atoms with Crippen LogP contribution in [0.15, 0.2) is 18.2 Å². The lowest BCUT2D eigenvalue weighted by Crippen LogP contribution is -2.42. The minimum absolute atomic E-state index is 0.0738. The van der Waals surface area contributed by atoms with Gasteiger partial charge in [0, 0.05) is 19.2 Å². The topological polar surface area (TPSA) is 21.3 Å². The number of methoxy groups -OCH3 is 1. The Bertz CT molecular complexity index is 350. The smallest absolute Gasteiger partial charge is 0.123 e. The van der Waals surface area contributed by atoms with Crippen LogP contribution in [0.5, 0.6) is 0 Å². The third-order valence-electron chi connectivity index (χ3n) is 2.57. The Kier molecular flexibility index (Phi) is 4.44. The lowest BCUT2D eigenvalue weighted by molar-refractivity contribution is 0.127. The van der Waals surface area contributed by atoms with Gasteiger partial charge in [0.2, 0.25) is 0 Å². The molecule has 0 heterocycles. The molecule has 0 aromatic heterocycles. The van der Waals surface area contributed by atoms with Gasteiger partial charge < -0.3 is 10.1 Å². The Hall–Kier alpha value is -0.930. The van der Waals surface area contributed by atoms with Crippen molar-refractivity contribution in [2.45, 2.75) is 32.9 Å². The van der Waals surface area contributed by atoms with Crippen LogP contribution in [0.3, 0.4) is 0 Å². The van der Waals surface area contributed by atoms with Gasteiger partial charge >= 0.3 is 0 Å². The molecule has 0 aliphatic carbocycles. The molecule has 1 aromatic rings. The Morgan fingerprint density at radius 3 is 2.62 bits per heavy atom. The van der Waals surface area contributed by atoms with Crippen molar-refractivity contribution in [2.24, 2.45) is 0 Å². The van der Waals surface area contributed by atoms with Gasteiger partial charge in [-0.15, -0.1) is 0 Å². The first-order chi connectivity index (χ1) is 7.44. The molecular weight excluding hydrogens is 205 g/mol. The van der Waals surface area contributed by atoms with Crippen molar-refractivity contribution in [1.82, 2.24) is 5.32 Å². The third kappa shape index (κ3) is 3.91. The number of hydrogen-bond acceptors (Lipinski definition) is 2. The van der Waals surface area contributed by atoms with E-state index in [1.54, 1.807) is 13.2 Å². The number of nitrogens with one attached hydrogen (secondary N) is 1. The summed E-state index contributed by atoms with van der Waals surface area (Å²) in [5, 5.41) is 3.39. The Balaban J connectivity index is 2.61. The number of hydrogen-bond donors (Lipinski definition) is 1. The Morgan fingerprint density at radius 2 is 2.06 bits per heavy atom. The molecule has 3 heteroatoms. The van der Waals surface area contributed by atoms with Crippen molar-refractivity contribution in [3.05, 3.63) is 35.1 Å². The SMILES string of the molecule is COCC(C)(C)NCc1ccc(F)cc1C. The summed E-state index contributed by atoms with van der Waals surface area (Å²) in [5.41, 5.74) is 2.02. The molecule has 90 valence electrons. The van der Waals surface area contributed by atoms with Crippen LogP contribution in [0.25, 0.3) is 0 Å². The van der Waals surface area contributed by atoms with E-state index in [1.807, 2.05) is 13.0 Å². The summed E-state index contributed by atoms with van der Waals surface area (Å²) in [6.45, 7) is 7.45. The maximum absolute atomic E-state index is 12.9. The van der Waals surface area contributed by atoms with Gasteiger partial charge in [0.1, 0.15) is 5.82 Å². The molecule has 0 saturated heterocycles. The van der Waals surface area contributed by atoms with Crippen LogP contribution in [0, 0.1) is 12.7 Å². The Morgan fingerprint density at radius 1 is 1.38 bits per heavy atom. The molecule has 0 unspecified atom stereocenters. The van der Waals surface area contributed by atoms with Crippen molar-refractivity contribution in [1.29, 1.82) is 0 Å². The first-order valence-corrected chi connectivity index (χ1v) is 5.43. The van der Waals surface area contributed by atoms with E-state index in [4.69, 9.17) is 4.74 Å². The lowest BCUT2D eigenvalue weighted by atomic mass is 10.0. The highest BCUT2D eigenvalue weighted by Gasteiger charge is 2.16. The van der Waals surface area contributed by atoms with Gasteiger partial charge in [-0.3, -0.25) is 0 Å². The normalized spacial score (nSPS) is 11.8. The molecule has 1 rings (SSSR count). The first-order valence-electron chi connectivity index (χ1n) is 5.43. The molecule has 16 heavy (non-hydrogen) atoms. The van der Waals surface area contributed by atoms with Crippen LogP contribution >= 0.6 is 0 Å². The van der Waals surface area contributed by atoms with Gasteiger partial charge in [-0.05, 0) is 44.0 Å². The molecule has 0 amide bonds. The summed E-state index contributed by atoms with van der Waals surface area (Å²) in [7, 11) is 1.69. The molecule has 0 atom stereocenters. The fourth-order valence-electron chi connectivity index (χ4n) is 1.60. The van der Waals surface area contributed by atoms with E-state index in [0.717, 1.165) is 17.7 Å². The number of rotatable bonds is 5. The average molecular weight is 225 g/mol. The Labute approximate surface area is 96.8 Å². The van der Waals surface area contributed by atoms with Crippen LogP contribution in [-0.4, -0.2) is 19.3 Å². The molecule has 0 bridgehead atoms.